The number of anilines is 1. The van der Waals surface area contributed by atoms with E-state index >= 15 is 0 Å². The van der Waals surface area contributed by atoms with Gasteiger partial charge in [-0.05, 0) is 47.7 Å². The Morgan fingerprint density at radius 2 is 1.79 bits per heavy atom. The van der Waals surface area contributed by atoms with Crippen LogP contribution in [0, 0.1) is 0 Å². The van der Waals surface area contributed by atoms with E-state index in [1.165, 1.54) is 31.4 Å². The summed E-state index contributed by atoms with van der Waals surface area (Å²) in [7, 11) is -3.18. The van der Waals surface area contributed by atoms with Gasteiger partial charge in [0.25, 0.3) is 16.0 Å². The van der Waals surface area contributed by atoms with E-state index in [9.17, 15) is 22.9 Å². The van der Waals surface area contributed by atoms with E-state index in [1.54, 1.807) is 43.3 Å². The molecule has 0 heterocycles. The Bertz CT molecular complexity index is 1710. The molecule has 4 rings (SSSR count). The van der Waals surface area contributed by atoms with E-state index in [0.29, 0.717) is 39.2 Å². The van der Waals surface area contributed by atoms with Crippen LogP contribution in [-0.4, -0.2) is 26.0 Å². The zero-order chi connectivity index (χ0) is 27.6. The predicted molar refractivity (Wildman–Crippen MR) is 144 cm³/mol. The van der Waals surface area contributed by atoms with Crippen molar-refractivity contribution in [3.63, 3.8) is 0 Å². The number of amides is 1. The summed E-state index contributed by atoms with van der Waals surface area (Å²) in [5.41, 5.74) is 0.416. The smallest absolute Gasteiger partial charge is 0.870 e. The van der Waals surface area contributed by atoms with Crippen molar-refractivity contribution in [2.75, 3.05) is 12.4 Å². The minimum Gasteiger partial charge on any atom is -0.870 e. The van der Waals surface area contributed by atoms with Gasteiger partial charge in [0.1, 0.15) is 16.3 Å². The fourth-order valence-electron chi connectivity index (χ4n) is 3.74. The topological polar surface area (TPSA) is 140 Å². The zero-order valence-electron chi connectivity index (χ0n) is 21.0. The number of nitrogens with one attached hydrogen (secondary N) is 1. The van der Waals surface area contributed by atoms with Crippen molar-refractivity contribution in [1.82, 2.24) is 0 Å². The fraction of sp³-hybridized carbons (Fsp3) is 0.115. The molecule has 4 aromatic rings. The molecule has 0 aromatic heterocycles. The number of halogens is 2. The van der Waals surface area contributed by atoms with Gasteiger partial charge in [0.2, 0.25) is 0 Å². The zero-order valence-corrected chi connectivity index (χ0v) is 25.4. The number of rotatable bonds is 7. The van der Waals surface area contributed by atoms with E-state index in [-0.39, 0.29) is 51.5 Å². The Morgan fingerprint density at radius 1 is 1.08 bits per heavy atom. The molecule has 0 aliphatic rings. The monoisotopic (exact) mass is 595 g/mol. The maximum atomic E-state index is 13.4. The first-order valence-electron chi connectivity index (χ1n) is 11.1. The summed E-state index contributed by atoms with van der Waals surface area (Å²) in [6.07, 6.45) is 0.419. The number of benzene rings is 4. The van der Waals surface area contributed by atoms with Crippen LogP contribution in [0.25, 0.3) is 10.8 Å². The Morgan fingerprint density at radius 3 is 2.46 bits per heavy atom. The van der Waals surface area contributed by atoms with Crippen LogP contribution in [0.4, 0.5) is 17.1 Å². The van der Waals surface area contributed by atoms with Gasteiger partial charge in [-0.25, -0.2) is 0 Å². The van der Waals surface area contributed by atoms with Gasteiger partial charge in [-0.1, -0.05) is 60.1 Å². The van der Waals surface area contributed by atoms with Gasteiger partial charge in [0.15, 0.2) is 0 Å². The molecule has 9 nitrogen and oxygen atoms in total. The van der Waals surface area contributed by atoms with Gasteiger partial charge in [0, 0.05) is 27.7 Å². The number of methoxy groups -OCH3 is 1. The quantitative estimate of drug-likeness (QED) is 0.189. The number of azo groups is 1. The van der Waals surface area contributed by atoms with Crippen LogP contribution in [-0.2, 0) is 16.5 Å². The average Bonchev–Trinajstić information content (AvgIpc) is 2.87. The molecule has 0 unspecified atom stereocenters. The standard InChI is InChI=1S/C26H21Cl2N3O6S.Na/c1-3-14-8-21(23(28)22(9-14)38(34,35)36)30-31-24-19-7-5-4-6-15(19)10-20(25(24)32)26(33)29-17-11-16(27)12-18(13-17)37-2;/h4-13,32H,3H2,1-2H3,(H,29,33)(H,34,35,36);/q;+1/p-1. The van der Waals surface area contributed by atoms with Crippen LogP contribution in [0.2, 0.25) is 10.0 Å². The first-order chi connectivity index (χ1) is 18.0. The molecule has 0 radical (unpaired) electrons. The van der Waals surface area contributed by atoms with Crippen molar-refractivity contribution >= 4 is 67.1 Å². The van der Waals surface area contributed by atoms with Crippen molar-refractivity contribution in [3.8, 4) is 11.5 Å². The minimum absolute atomic E-state index is 0. The number of carbonyl (C=O) groups excluding carboxylic acids is 1. The van der Waals surface area contributed by atoms with Crippen molar-refractivity contribution in [2.45, 2.75) is 18.2 Å². The SMILES string of the molecule is CCc1cc(N=Nc2c([O-])c(C(=O)Nc3cc(Cl)cc(OC)c3)cc3ccccc23)c(Cl)c(S(=O)(=O)O)c1.[Na+]. The van der Waals surface area contributed by atoms with Gasteiger partial charge in [-0.2, -0.15) is 13.5 Å². The molecule has 39 heavy (non-hydrogen) atoms. The maximum Gasteiger partial charge on any atom is 1.00 e. The van der Waals surface area contributed by atoms with E-state index < -0.39 is 26.7 Å². The number of ether oxygens (including phenoxy) is 1. The van der Waals surface area contributed by atoms with Gasteiger partial charge in [-0.15, -0.1) is 5.11 Å². The van der Waals surface area contributed by atoms with Crippen LogP contribution in [0.15, 0.2) is 75.8 Å². The Hall–Kier alpha value is -2.70. The predicted octanol–water partition coefficient (Wildman–Crippen LogP) is 3.71. The van der Waals surface area contributed by atoms with Crippen molar-refractivity contribution < 1.29 is 57.2 Å². The van der Waals surface area contributed by atoms with Crippen LogP contribution in [0.1, 0.15) is 22.8 Å². The molecule has 0 aliphatic heterocycles. The molecule has 4 aromatic carbocycles. The number of nitrogens with zero attached hydrogens (tertiary/aromatic N) is 2. The second-order valence-electron chi connectivity index (χ2n) is 8.11. The molecule has 2 N–H and O–H groups in total. The molecule has 0 fully saturated rings. The van der Waals surface area contributed by atoms with E-state index in [0.717, 1.165) is 0 Å². The first-order valence-corrected chi connectivity index (χ1v) is 13.3. The Kier molecular flexibility index (Phi) is 10.0. The van der Waals surface area contributed by atoms with Gasteiger partial charge >= 0.3 is 29.6 Å². The fourth-order valence-corrected chi connectivity index (χ4v) is 5.03. The molecule has 196 valence electrons. The van der Waals surface area contributed by atoms with Crippen LogP contribution < -0.4 is 44.7 Å². The second kappa shape index (κ2) is 12.6. The number of hydrogen-bond donors (Lipinski definition) is 2. The average molecular weight is 596 g/mol. The summed E-state index contributed by atoms with van der Waals surface area (Å²) in [6.45, 7) is 1.78. The molecular formula is C26H20Cl2N3NaO6S. The Balaban J connectivity index is 0.00000420. The third-order valence-electron chi connectivity index (χ3n) is 5.61. The molecule has 13 heteroatoms. The molecule has 1 amide bonds. The van der Waals surface area contributed by atoms with Crippen LogP contribution in [0.5, 0.6) is 11.5 Å². The van der Waals surface area contributed by atoms with Gasteiger partial charge in [-0.3, -0.25) is 9.35 Å². The maximum absolute atomic E-state index is 13.4. The molecule has 0 atom stereocenters. The van der Waals surface area contributed by atoms with Crippen LogP contribution >= 0.6 is 23.2 Å². The van der Waals surface area contributed by atoms with E-state index in [1.807, 2.05) is 0 Å². The van der Waals surface area contributed by atoms with Crippen molar-refractivity contribution in [3.05, 3.63) is 81.8 Å². The summed E-state index contributed by atoms with van der Waals surface area (Å²) < 4.78 is 38.3. The normalized spacial score (nSPS) is 11.4. The second-order valence-corrected chi connectivity index (χ2v) is 10.3. The molecule has 0 bridgehead atoms. The summed E-state index contributed by atoms with van der Waals surface area (Å²) in [6, 6.07) is 15.6. The summed E-state index contributed by atoms with van der Waals surface area (Å²) in [5.74, 6) is -1.00. The number of hydrogen-bond acceptors (Lipinski definition) is 7. The summed E-state index contributed by atoms with van der Waals surface area (Å²) >= 11 is 12.3. The number of fused-ring (bicyclic) bond motifs is 1. The third kappa shape index (κ3) is 6.90. The molecule has 0 saturated heterocycles. The van der Waals surface area contributed by atoms with E-state index in [2.05, 4.69) is 15.5 Å². The minimum atomic E-state index is -4.64. The van der Waals surface area contributed by atoms with Crippen molar-refractivity contribution in [2.24, 2.45) is 10.2 Å². The third-order valence-corrected chi connectivity index (χ3v) is 7.21. The Labute approximate surface area is 256 Å². The summed E-state index contributed by atoms with van der Waals surface area (Å²) in [5, 5.41) is 25.1. The van der Waals surface area contributed by atoms with Crippen molar-refractivity contribution in [1.29, 1.82) is 0 Å². The summed E-state index contributed by atoms with van der Waals surface area (Å²) in [4.78, 5) is 12.6. The largest absolute Gasteiger partial charge is 1.00 e. The number of carbonyl (C=O) groups is 1. The molecule has 0 spiro atoms. The molecule has 0 saturated carbocycles. The first kappa shape index (κ1) is 30.8. The molecular weight excluding hydrogens is 576 g/mol. The number of aryl methyl sites for hydroxylation is 1. The van der Waals surface area contributed by atoms with Crippen LogP contribution in [0.3, 0.4) is 0 Å². The molecule has 0 aliphatic carbocycles. The van der Waals surface area contributed by atoms with Gasteiger partial charge < -0.3 is 15.2 Å². The van der Waals surface area contributed by atoms with E-state index in [4.69, 9.17) is 27.9 Å². The van der Waals surface area contributed by atoms with Gasteiger partial charge in [0.05, 0.1) is 17.8 Å².